The molecule has 78 valence electrons. The van der Waals surface area contributed by atoms with Gasteiger partial charge in [-0.15, -0.1) is 0 Å². The number of likely N-dealkylation sites (tertiary alicyclic amines) is 1. The van der Waals surface area contributed by atoms with Gasteiger partial charge in [0.25, 0.3) is 0 Å². The Labute approximate surface area is 81.7 Å². The van der Waals surface area contributed by atoms with Crippen molar-refractivity contribution in [2.24, 2.45) is 0 Å². The third-order valence-electron chi connectivity index (χ3n) is 3.07. The molecule has 0 spiro atoms. The highest BCUT2D eigenvalue weighted by molar-refractivity contribution is 4.83. The van der Waals surface area contributed by atoms with E-state index in [1.807, 2.05) is 0 Å². The van der Waals surface area contributed by atoms with Crippen molar-refractivity contribution in [3.63, 3.8) is 0 Å². The van der Waals surface area contributed by atoms with Gasteiger partial charge in [-0.25, -0.2) is 0 Å². The van der Waals surface area contributed by atoms with Crippen LogP contribution in [-0.4, -0.2) is 63.3 Å². The Morgan fingerprint density at radius 2 is 2.15 bits per heavy atom. The van der Waals surface area contributed by atoms with Crippen LogP contribution in [0.2, 0.25) is 0 Å². The van der Waals surface area contributed by atoms with E-state index in [2.05, 4.69) is 30.9 Å². The third-order valence-corrected chi connectivity index (χ3v) is 3.07. The van der Waals surface area contributed by atoms with Crippen LogP contribution < -0.4 is 0 Å². The lowest BCUT2D eigenvalue weighted by Gasteiger charge is -2.39. The Morgan fingerprint density at radius 1 is 1.46 bits per heavy atom. The maximum Gasteiger partial charge on any atom is 0.0618 e. The topological polar surface area (TPSA) is 15.7 Å². The summed E-state index contributed by atoms with van der Waals surface area (Å²) in [6, 6.07) is 1.34. The summed E-state index contributed by atoms with van der Waals surface area (Å²) in [6.07, 6.45) is 2.51. The fourth-order valence-electron chi connectivity index (χ4n) is 2.00. The fraction of sp³-hybridized carbons (Fsp3) is 1.00. The predicted molar refractivity (Wildman–Crippen MR) is 55.0 cm³/mol. The van der Waals surface area contributed by atoms with Gasteiger partial charge in [0, 0.05) is 19.2 Å². The number of likely N-dealkylation sites (N-methyl/N-ethyl adjacent to an activating group) is 1. The molecule has 3 nitrogen and oxygen atoms in total. The van der Waals surface area contributed by atoms with E-state index >= 15 is 0 Å². The largest absolute Gasteiger partial charge is 0.383 e. The molecule has 1 fully saturated rings. The van der Waals surface area contributed by atoms with Gasteiger partial charge in [0.05, 0.1) is 6.61 Å². The summed E-state index contributed by atoms with van der Waals surface area (Å²) in [7, 11) is 8.31. The number of ether oxygens (including phenoxy) is 1. The highest BCUT2D eigenvalue weighted by atomic mass is 16.5. The second-order valence-electron chi connectivity index (χ2n) is 4.23. The van der Waals surface area contributed by atoms with E-state index in [4.69, 9.17) is 4.74 Å². The maximum absolute atomic E-state index is 5.22. The van der Waals surface area contributed by atoms with Gasteiger partial charge in [-0.3, -0.25) is 0 Å². The van der Waals surface area contributed by atoms with Crippen molar-refractivity contribution in [1.82, 2.24) is 9.80 Å². The number of methoxy groups -OCH3 is 1. The Kier molecular flexibility index (Phi) is 4.16. The highest BCUT2D eigenvalue weighted by Gasteiger charge is 2.26. The van der Waals surface area contributed by atoms with Crippen LogP contribution in [0.3, 0.4) is 0 Å². The molecule has 2 atom stereocenters. The van der Waals surface area contributed by atoms with Gasteiger partial charge in [0.2, 0.25) is 0 Å². The van der Waals surface area contributed by atoms with E-state index in [-0.39, 0.29) is 0 Å². The van der Waals surface area contributed by atoms with Crippen LogP contribution in [0.15, 0.2) is 0 Å². The molecule has 0 saturated carbocycles. The molecule has 0 aromatic carbocycles. The third kappa shape index (κ3) is 2.93. The fourth-order valence-corrected chi connectivity index (χ4v) is 2.00. The molecule has 0 radical (unpaired) electrons. The van der Waals surface area contributed by atoms with Crippen LogP contribution in [0.5, 0.6) is 0 Å². The summed E-state index contributed by atoms with van der Waals surface area (Å²) in [5.74, 6) is 0. The van der Waals surface area contributed by atoms with Crippen LogP contribution in [0.1, 0.15) is 12.8 Å². The highest BCUT2D eigenvalue weighted by Crippen LogP contribution is 2.18. The molecule has 1 aliphatic rings. The lowest BCUT2D eigenvalue weighted by molar-refractivity contribution is 0.0503. The summed E-state index contributed by atoms with van der Waals surface area (Å²) in [5, 5.41) is 0. The number of piperidine rings is 1. The van der Waals surface area contributed by atoms with Crippen molar-refractivity contribution in [1.29, 1.82) is 0 Å². The van der Waals surface area contributed by atoms with Crippen molar-refractivity contribution in [3.8, 4) is 0 Å². The first-order valence-electron chi connectivity index (χ1n) is 5.00. The average molecular weight is 186 g/mol. The molecule has 1 saturated heterocycles. The molecule has 0 aromatic rings. The zero-order valence-corrected chi connectivity index (χ0v) is 9.29. The molecule has 1 rings (SSSR count). The van der Waals surface area contributed by atoms with Crippen LogP contribution in [-0.2, 0) is 4.74 Å². The van der Waals surface area contributed by atoms with Crippen molar-refractivity contribution in [2.45, 2.75) is 24.9 Å². The number of rotatable bonds is 3. The molecule has 2 unspecified atom stereocenters. The molecule has 3 heteroatoms. The van der Waals surface area contributed by atoms with Gasteiger partial charge < -0.3 is 14.5 Å². The molecular formula is C10H22N2O. The Bertz CT molecular complexity index is 150. The minimum atomic E-state index is 0.603. The van der Waals surface area contributed by atoms with Gasteiger partial charge in [0.15, 0.2) is 0 Å². The molecule has 1 heterocycles. The van der Waals surface area contributed by atoms with Crippen molar-refractivity contribution < 1.29 is 4.74 Å². The first kappa shape index (κ1) is 11.0. The molecule has 0 aliphatic carbocycles. The number of hydrogen-bond donors (Lipinski definition) is 0. The van der Waals surface area contributed by atoms with E-state index < -0.39 is 0 Å². The Hall–Kier alpha value is -0.120. The van der Waals surface area contributed by atoms with E-state index in [1.165, 1.54) is 19.4 Å². The second kappa shape index (κ2) is 4.94. The molecule has 1 aliphatic heterocycles. The van der Waals surface area contributed by atoms with Crippen LogP contribution in [0.4, 0.5) is 0 Å². The summed E-state index contributed by atoms with van der Waals surface area (Å²) >= 11 is 0. The van der Waals surface area contributed by atoms with Crippen molar-refractivity contribution in [2.75, 3.05) is 41.4 Å². The maximum atomic E-state index is 5.22. The normalized spacial score (nSPS) is 31.2. The van der Waals surface area contributed by atoms with Gasteiger partial charge >= 0.3 is 0 Å². The van der Waals surface area contributed by atoms with Crippen molar-refractivity contribution in [3.05, 3.63) is 0 Å². The number of nitrogens with zero attached hydrogens (tertiary/aromatic N) is 2. The smallest absolute Gasteiger partial charge is 0.0618 e. The van der Waals surface area contributed by atoms with Crippen LogP contribution in [0.25, 0.3) is 0 Å². The second-order valence-corrected chi connectivity index (χ2v) is 4.23. The van der Waals surface area contributed by atoms with Crippen LogP contribution in [0, 0.1) is 0 Å². The molecule has 0 aromatic heterocycles. The molecule has 0 amide bonds. The summed E-state index contributed by atoms with van der Waals surface area (Å²) in [6.45, 7) is 2.05. The van der Waals surface area contributed by atoms with E-state index in [0.29, 0.717) is 6.04 Å². The first-order chi connectivity index (χ1) is 6.15. The quantitative estimate of drug-likeness (QED) is 0.644. The zero-order chi connectivity index (χ0) is 9.84. The van der Waals surface area contributed by atoms with Crippen LogP contribution >= 0.6 is 0 Å². The zero-order valence-electron chi connectivity index (χ0n) is 9.29. The predicted octanol–water partition coefficient (Wildman–Crippen LogP) is 0.657. The lowest BCUT2D eigenvalue weighted by Crippen LogP contribution is -2.48. The summed E-state index contributed by atoms with van der Waals surface area (Å²) < 4.78 is 5.22. The average Bonchev–Trinajstić information content (AvgIpc) is 2.08. The monoisotopic (exact) mass is 186 g/mol. The standard InChI is InChI=1S/C10H22N2O/c1-11(2)9-5-6-12(3)10(7-9)8-13-4/h9-10H,5-8H2,1-4H3. The molecular weight excluding hydrogens is 164 g/mol. The molecule has 0 bridgehead atoms. The van der Waals surface area contributed by atoms with E-state index in [0.717, 1.165) is 12.6 Å². The first-order valence-corrected chi connectivity index (χ1v) is 5.00. The van der Waals surface area contributed by atoms with Gasteiger partial charge in [-0.2, -0.15) is 0 Å². The molecule has 13 heavy (non-hydrogen) atoms. The summed E-state index contributed by atoms with van der Waals surface area (Å²) in [5.41, 5.74) is 0. The van der Waals surface area contributed by atoms with E-state index in [1.54, 1.807) is 7.11 Å². The number of hydrogen-bond acceptors (Lipinski definition) is 3. The SMILES string of the molecule is COCC1CC(N(C)C)CCN1C. The van der Waals surface area contributed by atoms with Gasteiger partial charge in [0.1, 0.15) is 0 Å². The lowest BCUT2D eigenvalue weighted by atomic mass is 9.97. The Balaban J connectivity index is 2.42. The van der Waals surface area contributed by atoms with E-state index in [9.17, 15) is 0 Å². The van der Waals surface area contributed by atoms with Gasteiger partial charge in [-0.05, 0) is 40.5 Å². The summed E-state index contributed by atoms with van der Waals surface area (Å²) in [4.78, 5) is 4.74. The minimum absolute atomic E-state index is 0.603. The minimum Gasteiger partial charge on any atom is -0.383 e. The van der Waals surface area contributed by atoms with Gasteiger partial charge in [-0.1, -0.05) is 0 Å². The Morgan fingerprint density at radius 3 is 2.69 bits per heavy atom. The van der Waals surface area contributed by atoms with Crippen molar-refractivity contribution >= 4 is 0 Å². The molecule has 0 N–H and O–H groups in total.